The number of benzene rings is 1. The minimum Gasteiger partial charge on any atom is -0.394 e. The van der Waals surface area contributed by atoms with E-state index in [1.54, 1.807) is 0 Å². The monoisotopic (exact) mass is 254 g/mol. The van der Waals surface area contributed by atoms with Crippen molar-refractivity contribution in [3.8, 4) is 6.07 Å². The summed E-state index contributed by atoms with van der Waals surface area (Å²) in [5.74, 6) is 0.366. The Morgan fingerprint density at radius 1 is 1.26 bits per heavy atom. The van der Waals surface area contributed by atoms with Crippen LogP contribution in [0.1, 0.15) is 18.2 Å². The van der Waals surface area contributed by atoms with Crippen LogP contribution in [0.25, 0.3) is 0 Å². The summed E-state index contributed by atoms with van der Waals surface area (Å²) in [6.07, 6.45) is 2.97. The molecule has 5 heteroatoms. The molecule has 0 radical (unpaired) electrons. The number of aromatic nitrogens is 2. The molecule has 0 aliphatic heterocycles. The Hall–Kier alpha value is -2.45. The number of nitriles is 1. The summed E-state index contributed by atoms with van der Waals surface area (Å²) in [5, 5.41) is 21.8. The van der Waals surface area contributed by atoms with Crippen LogP contribution in [0.4, 0.5) is 5.82 Å². The maximum atomic E-state index is 9.67. The fourth-order valence-corrected chi connectivity index (χ4v) is 1.78. The van der Waals surface area contributed by atoms with Gasteiger partial charge in [0.1, 0.15) is 6.07 Å². The van der Waals surface area contributed by atoms with Gasteiger partial charge in [0.25, 0.3) is 0 Å². The van der Waals surface area contributed by atoms with Gasteiger partial charge in [-0.1, -0.05) is 30.3 Å². The maximum Gasteiger partial charge on any atom is 0.182 e. The van der Waals surface area contributed by atoms with Gasteiger partial charge >= 0.3 is 0 Å². The molecule has 0 fully saturated rings. The predicted octanol–water partition coefficient (Wildman–Crippen LogP) is 1.67. The zero-order valence-electron chi connectivity index (χ0n) is 10.5. The summed E-state index contributed by atoms with van der Waals surface area (Å²) >= 11 is 0. The van der Waals surface area contributed by atoms with E-state index in [4.69, 9.17) is 5.26 Å². The van der Waals surface area contributed by atoms with Crippen LogP contribution in [0.15, 0.2) is 42.7 Å². The summed E-state index contributed by atoms with van der Waals surface area (Å²) < 4.78 is 0. The molecule has 5 nitrogen and oxygen atoms in total. The van der Waals surface area contributed by atoms with Crippen molar-refractivity contribution in [1.82, 2.24) is 9.97 Å². The normalized spacial score (nSPS) is 13.3. The summed E-state index contributed by atoms with van der Waals surface area (Å²) in [7, 11) is 0. The number of anilines is 1. The molecular weight excluding hydrogens is 240 g/mol. The van der Waals surface area contributed by atoms with Crippen molar-refractivity contribution < 1.29 is 5.11 Å². The molecule has 2 aromatic rings. The molecule has 0 saturated carbocycles. The van der Waals surface area contributed by atoms with Gasteiger partial charge in [-0.3, -0.25) is 0 Å². The standard InChI is InChI=1S/C14H14N4O/c1-14(10-19,11-5-3-2-4-6-11)18-13-12(9-15)16-7-8-17-13/h2-8,19H,10H2,1H3,(H,17,18). The molecule has 1 atom stereocenters. The van der Waals surface area contributed by atoms with Gasteiger partial charge in [0.2, 0.25) is 0 Å². The van der Waals surface area contributed by atoms with Crippen molar-refractivity contribution in [3.05, 3.63) is 54.0 Å². The highest BCUT2D eigenvalue weighted by Gasteiger charge is 2.27. The number of nitrogens with one attached hydrogen (secondary N) is 1. The highest BCUT2D eigenvalue weighted by atomic mass is 16.3. The number of hydrogen-bond donors (Lipinski definition) is 2. The van der Waals surface area contributed by atoms with Crippen LogP contribution >= 0.6 is 0 Å². The lowest BCUT2D eigenvalue weighted by Crippen LogP contribution is -2.36. The van der Waals surface area contributed by atoms with Crippen molar-refractivity contribution in [2.24, 2.45) is 0 Å². The van der Waals surface area contributed by atoms with E-state index < -0.39 is 5.54 Å². The topological polar surface area (TPSA) is 81.8 Å². The van der Waals surface area contributed by atoms with Crippen LogP contribution in [0.2, 0.25) is 0 Å². The fourth-order valence-electron chi connectivity index (χ4n) is 1.78. The quantitative estimate of drug-likeness (QED) is 0.867. The molecule has 1 aromatic heterocycles. The minimum atomic E-state index is -0.719. The molecule has 1 heterocycles. The third-order valence-corrected chi connectivity index (χ3v) is 2.93. The van der Waals surface area contributed by atoms with Gasteiger partial charge in [-0.15, -0.1) is 0 Å². The molecule has 2 N–H and O–H groups in total. The first kappa shape index (κ1) is 13.0. The molecule has 0 aliphatic carbocycles. The molecule has 19 heavy (non-hydrogen) atoms. The van der Waals surface area contributed by atoms with E-state index in [9.17, 15) is 5.11 Å². The molecule has 2 rings (SSSR count). The Kier molecular flexibility index (Phi) is 3.74. The van der Waals surface area contributed by atoms with Crippen LogP contribution in [0.5, 0.6) is 0 Å². The van der Waals surface area contributed by atoms with Crippen LogP contribution in [-0.2, 0) is 5.54 Å². The highest BCUT2D eigenvalue weighted by molar-refractivity contribution is 5.50. The van der Waals surface area contributed by atoms with Gasteiger partial charge in [0.05, 0.1) is 12.1 Å². The van der Waals surface area contributed by atoms with E-state index in [1.807, 2.05) is 43.3 Å². The van der Waals surface area contributed by atoms with E-state index in [-0.39, 0.29) is 12.3 Å². The van der Waals surface area contributed by atoms with Crippen LogP contribution < -0.4 is 5.32 Å². The van der Waals surface area contributed by atoms with Gasteiger partial charge in [0, 0.05) is 12.4 Å². The third kappa shape index (κ3) is 2.69. The smallest absolute Gasteiger partial charge is 0.182 e. The number of nitrogens with zero attached hydrogens (tertiary/aromatic N) is 3. The second-order valence-corrected chi connectivity index (χ2v) is 4.35. The summed E-state index contributed by atoms with van der Waals surface area (Å²) in [4.78, 5) is 8.04. The molecule has 0 amide bonds. The summed E-state index contributed by atoms with van der Waals surface area (Å²) in [6, 6.07) is 11.5. The average molecular weight is 254 g/mol. The first-order chi connectivity index (χ1) is 9.19. The molecule has 0 saturated heterocycles. The lowest BCUT2D eigenvalue weighted by Gasteiger charge is -2.30. The molecule has 0 aliphatic rings. The Balaban J connectivity index is 2.37. The van der Waals surface area contributed by atoms with Crippen LogP contribution in [-0.4, -0.2) is 21.7 Å². The van der Waals surface area contributed by atoms with Gasteiger partial charge in [-0.2, -0.15) is 5.26 Å². The predicted molar refractivity (Wildman–Crippen MR) is 71.2 cm³/mol. The van der Waals surface area contributed by atoms with E-state index >= 15 is 0 Å². The number of hydrogen-bond acceptors (Lipinski definition) is 5. The highest BCUT2D eigenvalue weighted by Crippen LogP contribution is 2.25. The van der Waals surface area contributed by atoms with E-state index in [0.717, 1.165) is 5.56 Å². The second kappa shape index (κ2) is 5.46. The van der Waals surface area contributed by atoms with Crippen LogP contribution in [0.3, 0.4) is 0 Å². The Morgan fingerprint density at radius 3 is 2.58 bits per heavy atom. The number of aliphatic hydroxyl groups is 1. The fraction of sp³-hybridized carbons (Fsp3) is 0.214. The zero-order chi connectivity index (χ0) is 13.7. The van der Waals surface area contributed by atoms with Gasteiger partial charge in [-0.25, -0.2) is 9.97 Å². The molecular formula is C14H14N4O. The largest absolute Gasteiger partial charge is 0.394 e. The Bertz CT molecular complexity index is 594. The lowest BCUT2D eigenvalue weighted by molar-refractivity contribution is 0.223. The molecule has 1 unspecified atom stereocenters. The maximum absolute atomic E-state index is 9.67. The molecule has 96 valence electrons. The zero-order valence-corrected chi connectivity index (χ0v) is 10.5. The molecule has 0 spiro atoms. The SMILES string of the molecule is CC(CO)(Nc1nccnc1C#N)c1ccccc1. The van der Waals surface area contributed by atoms with Gasteiger partial charge < -0.3 is 10.4 Å². The molecule has 0 bridgehead atoms. The Labute approximate surface area is 111 Å². The molecule has 1 aromatic carbocycles. The lowest BCUT2D eigenvalue weighted by atomic mass is 9.93. The second-order valence-electron chi connectivity index (χ2n) is 4.35. The summed E-state index contributed by atoms with van der Waals surface area (Å²) in [5.41, 5.74) is 0.397. The first-order valence-electron chi connectivity index (χ1n) is 5.85. The number of rotatable bonds is 4. The van der Waals surface area contributed by atoms with E-state index in [1.165, 1.54) is 12.4 Å². The van der Waals surface area contributed by atoms with Crippen molar-refractivity contribution in [2.45, 2.75) is 12.5 Å². The van der Waals surface area contributed by atoms with E-state index in [2.05, 4.69) is 15.3 Å². The average Bonchev–Trinajstić information content (AvgIpc) is 2.48. The van der Waals surface area contributed by atoms with Crippen molar-refractivity contribution >= 4 is 5.82 Å². The minimum absolute atomic E-state index is 0.127. The van der Waals surface area contributed by atoms with E-state index in [0.29, 0.717) is 5.82 Å². The number of aliphatic hydroxyl groups excluding tert-OH is 1. The van der Waals surface area contributed by atoms with Gasteiger partial charge in [0.15, 0.2) is 11.5 Å². The van der Waals surface area contributed by atoms with Crippen molar-refractivity contribution in [1.29, 1.82) is 5.26 Å². The Morgan fingerprint density at radius 2 is 1.95 bits per heavy atom. The third-order valence-electron chi connectivity index (χ3n) is 2.93. The van der Waals surface area contributed by atoms with Crippen molar-refractivity contribution in [2.75, 3.05) is 11.9 Å². The summed E-state index contributed by atoms with van der Waals surface area (Å²) in [6.45, 7) is 1.72. The van der Waals surface area contributed by atoms with Gasteiger partial charge in [-0.05, 0) is 12.5 Å². The van der Waals surface area contributed by atoms with Crippen molar-refractivity contribution in [3.63, 3.8) is 0 Å². The first-order valence-corrected chi connectivity index (χ1v) is 5.85. The van der Waals surface area contributed by atoms with Crippen LogP contribution in [0, 0.1) is 11.3 Å².